The maximum absolute atomic E-state index is 13.0. The Morgan fingerprint density at radius 2 is 1.67 bits per heavy atom. The van der Waals surface area contributed by atoms with Gasteiger partial charge in [0.05, 0.1) is 23.9 Å². The summed E-state index contributed by atoms with van der Waals surface area (Å²) in [4.78, 5) is 14.8. The van der Waals surface area contributed by atoms with Gasteiger partial charge in [-0.2, -0.15) is 5.10 Å². The van der Waals surface area contributed by atoms with Crippen molar-refractivity contribution in [1.82, 2.24) is 4.90 Å². The molecule has 150 valence electrons. The molecule has 0 aliphatic carbocycles. The summed E-state index contributed by atoms with van der Waals surface area (Å²) in [5, 5.41) is 28.5. The van der Waals surface area contributed by atoms with Crippen molar-refractivity contribution in [3.63, 3.8) is 0 Å². The zero-order chi connectivity index (χ0) is 20.9. The minimum absolute atomic E-state index is 0.0824. The first kappa shape index (κ1) is 19.5. The lowest BCUT2D eigenvalue weighted by Gasteiger charge is -2.12. The topological polar surface area (TPSA) is 98.6 Å². The van der Waals surface area contributed by atoms with Crippen molar-refractivity contribution in [2.45, 2.75) is 6.54 Å². The van der Waals surface area contributed by atoms with E-state index < -0.39 is 0 Å². The molecule has 3 aromatic rings. The Kier molecular flexibility index (Phi) is 5.67. The standard InChI is InChI=1S/C22H17N3O4S/c26-18-9-3-1-6-15(18)12-20-21(28)25(14-17-8-5-11-29-17)22(30-20)24-23-13-16-7-2-4-10-19(16)27/h1-13,26-27H,14H2/b20-12-,23-13+,24-22-. The molecule has 1 fully saturated rings. The number of benzene rings is 2. The van der Waals surface area contributed by atoms with E-state index in [4.69, 9.17) is 4.42 Å². The second-order valence-electron chi connectivity index (χ2n) is 6.33. The molecule has 0 saturated carbocycles. The number of thioether (sulfide) groups is 1. The summed E-state index contributed by atoms with van der Waals surface area (Å²) >= 11 is 1.15. The third-order valence-electron chi connectivity index (χ3n) is 4.28. The van der Waals surface area contributed by atoms with Crippen LogP contribution in [0.15, 0.2) is 86.5 Å². The summed E-state index contributed by atoms with van der Waals surface area (Å²) in [6.07, 6.45) is 4.57. The lowest BCUT2D eigenvalue weighted by Crippen LogP contribution is -2.28. The Bertz CT molecular complexity index is 1150. The van der Waals surface area contributed by atoms with E-state index in [9.17, 15) is 15.0 Å². The molecule has 7 nitrogen and oxygen atoms in total. The smallest absolute Gasteiger partial charge is 0.267 e. The molecule has 2 N–H and O–H groups in total. The molecule has 1 aliphatic heterocycles. The van der Waals surface area contributed by atoms with E-state index >= 15 is 0 Å². The van der Waals surface area contributed by atoms with E-state index in [1.54, 1.807) is 66.7 Å². The van der Waals surface area contributed by atoms with E-state index in [0.717, 1.165) is 11.8 Å². The Balaban J connectivity index is 1.65. The van der Waals surface area contributed by atoms with E-state index in [0.29, 0.717) is 27.0 Å². The molecule has 1 amide bonds. The van der Waals surface area contributed by atoms with E-state index in [1.165, 1.54) is 17.4 Å². The summed E-state index contributed by atoms with van der Waals surface area (Å²) in [6.45, 7) is 0.196. The molecule has 0 radical (unpaired) electrons. The SMILES string of the molecule is O=C1/C(=C/c2ccccc2O)S/C(=N\N=C\c2ccccc2O)N1Cc1ccco1. The van der Waals surface area contributed by atoms with Crippen LogP contribution < -0.4 is 0 Å². The molecule has 1 aliphatic rings. The Hall–Kier alpha value is -3.78. The van der Waals surface area contributed by atoms with Crippen molar-refractivity contribution in [2.24, 2.45) is 10.2 Å². The normalized spacial score (nSPS) is 16.9. The predicted molar refractivity (Wildman–Crippen MR) is 116 cm³/mol. The van der Waals surface area contributed by atoms with Crippen LogP contribution in [-0.2, 0) is 11.3 Å². The number of phenolic OH excluding ortho intramolecular Hbond substituents is 2. The molecule has 2 aromatic carbocycles. The summed E-state index contributed by atoms with van der Waals surface area (Å²) in [6, 6.07) is 17.0. The minimum Gasteiger partial charge on any atom is -0.507 e. The van der Waals surface area contributed by atoms with Gasteiger partial charge in [0.1, 0.15) is 17.3 Å². The van der Waals surface area contributed by atoms with E-state index in [-0.39, 0.29) is 24.0 Å². The second-order valence-corrected chi connectivity index (χ2v) is 7.34. The number of para-hydroxylation sites is 2. The number of amidine groups is 1. The number of carbonyl (C=O) groups is 1. The lowest BCUT2D eigenvalue weighted by atomic mass is 10.2. The Morgan fingerprint density at radius 1 is 0.967 bits per heavy atom. The molecule has 0 spiro atoms. The summed E-state index contributed by atoms with van der Waals surface area (Å²) in [5.41, 5.74) is 1.05. The molecule has 30 heavy (non-hydrogen) atoms. The van der Waals surface area contributed by atoms with Crippen LogP contribution in [0.5, 0.6) is 11.5 Å². The summed E-state index contributed by atoms with van der Waals surface area (Å²) in [5.74, 6) is 0.504. The van der Waals surface area contributed by atoms with Crippen LogP contribution in [0.25, 0.3) is 6.08 Å². The molecule has 0 atom stereocenters. The highest BCUT2D eigenvalue weighted by Gasteiger charge is 2.34. The van der Waals surface area contributed by atoms with Crippen molar-refractivity contribution in [2.75, 3.05) is 0 Å². The van der Waals surface area contributed by atoms with Crippen molar-refractivity contribution >= 4 is 35.1 Å². The maximum atomic E-state index is 13.0. The first-order valence-electron chi connectivity index (χ1n) is 9.02. The second kappa shape index (κ2) is 8.71. The van der Waals surface area contributed by atoms with Gasteiger partial charge in [-0.25, -0.2) is 0 Å². The number of aromatic hydroxyl groups is 2. The first-order valence-corrected chi connectivity index (χ1v) is 9.84. The van der Waals surface area contributed by atoms with Gasteiger partial charge in [0.15, 0.2) is 5.17 Å². The minimum atomic E-state index is -0.267. The van der Waals surface area contributed by atoms with Gasteiger partial charge in [-0.15, -0.1) is 5.10 Å². The molecule has 8 heteroatoms. The van der Waals surface area contributed by atoms with Crippen LogP contribution in [0, 0.1) is 0 Å². The number of rotatable bonds is 5. The number of hydrogen-bond acceptors (Lipinski definition) is 7. The summed E-state index contributed by atoms with van der Waals surface area (Å²) < 4.78 is 5.37. The van der Waals surface area contributed by atoms with Gasteiger partial charge in [-0.05, 0) is 48.2 Å². The van der Waals surface area contributed by atoms with Gasteiger partial charge in [0.2, 0.25) is 0 Å². The predicted octanol–water partition coefficient (Wildman–Crippen LogP) is 4.20. The molecule has 1 aromatic heterocycles. The van der Waals surface area contributed by atoms with Crippen molar-refractivity contribution in [3.8, 4) is 11.5 Å². The van der Waals surface area contributed by atoms with Crippen LogP contribution in [0.2, 0.25) is 0 Å². The zero-order valence-electron chi connectivity index (χ0n) is 15.7. The van der Waals surface area contributed by atoms with Gasteiger partial charge >= 0.3 is 0 Å². The van der Waals surface area contributed by atoms with Crippen LogP contribution >= 0.6 is 11.8 Å². The molecular weight excluding hydrogens is 402 g/mol. The number of nitrogens with zero attached hydrogens (tertiary/aromatic N) is 3. The number of amides is 1. The van der Waals surface area contributed by atoms with Gasteiger partial charge in [0.25, 0.3) is 5.91 Å². The van der Waals surface area contributed by atoms with Gasteiger partial charge < -0.3 is 14.6 Å². The van der Waals surface area contributed by atoms with Gasteiger partial charge in [-0.1, -0.05) is 30.3 Å². The van der Waals surface area contributed by atoms with Crippen LogP contribution in [-0.4, -0.2) is 32.4 Å². The monoisotopic (exact) mass is 419 g/mol. The average Bonchev–Trinajstić information content (AvgIpc) is 3.35. The fraction of sp³-hybridized carbons (Fsp3) is 0.0455. The van der Waals surface area contributed by atoms with Crippen LogP contribution in [0.1, 0.15) is 16.9 Å². The fourth-order valence-electron chi connectivity index (χ4n) is 2.77. The molecule has 2 heterocycles. The zero-order valence-corrected chi connectivity index (χ0v) is 16.5. The first-order chi connectivity index (χ1) is 14.6. The van der Waals surface area contributed by atoms with Crippen LogP contribution in [0.3, 0.4) is 0 Å². The van der Waals surface area contributed by atoms with Crippen molar-refractivity contribution < 1.29 is 19.4 Å². The van der Waals surface area contributed by atoms with Gasteiger partial charge in [0, 0.05) is 11.1 Å². The van der Waals surface area contributed by atoms with Crippen LogP contribution in [0.4, 0.5) is 0 Å². The number of hydrogen-bond donors (Lipinski definition) is 2. The maximum Gasteiger partial charge on any atom is 0.267 e. The van der Waals surface area contributed by atoms with E-state index in [2.05, 4.69) is 10.2 Å². The lowest BCUT2D eigenvalue weighted by molar-refractivity contribution is -0.122. The number of phenols is 2. The fourth-order valence-corrected chi connectivity index (χ4v) is 3.69. The molecule has 0 unspecified atom stereocenters. The highest BCUT2D eigenvalue weighted by atomic mass is 32.2. The quantitative estimate of drug-likeness (QED) is 0.367. The molecule has 0 bridgehead atoms. The van der Waals surface area contributed by atoms with Crippen molar-refractivity contribution in [1.29, 1.82) is 0 Å². The molecule has 1 saturated heterocycles. The summed E-state index contributed by atoms with van der Waals surface area (Å²) in [7, 11) is 0. The Labute approximate surface area is 176 Å². The third-order valence-corrected chi connectivity index (χ3v) is 5.28. The highest BCUT2D eigenvalue weighted by Crippen LogP contribution is 2.35. The largest absolute Gasteiger partial charge is 0.507 e. The Morgan fingerprint density at radius 3 is 2.33 bits per heavy atom. The van der Waals surface area contributed by atoms with Crippen molar-refractivity contribution in [3.05, 3.63) is 88.7 Å². The third kappa shape index (κ3) is 4.28. The number of furan rings is 1. The van der Waals surface area contributed by atoms with Gasteiger partial charge in [-0.3, -0.25) is 9.69 Å². The molecule has 4 rings (SSSR count). The van der Waals surface area contributed by atoms with E-state index in [1.807, 2.05) is 0 Å². The highest BCUT2D eigenvalue weighted by molar-refractivity contribution is 8.18. The average molecular weight is 419 g/mol. The number of carbonyl (C=O) groups excluding carboxylic acids is 1. The molecular formula is C22H17N3O4S.